The van der Waals surface area contributed by atoms with Crippen molar-refractivity contribution in [3.8, 4) is 5.69 Å². The number of carbonyl (C=O) groups excluding carboxylic acids is 2. The second kappa shape index (κ2) is 8.15. The summed E-state index contributed by atoms with van der Waals surface area (Å²) in [6, 6.07) is 7.87. The van der Waals surface area contributed by atoms with Gasteiger partial charge in [-0.1, -0.05) is 17.7 Å². The largest absolute Gasteiger partial charge is 0.465 e. The van der Waals surface area contributed by atoms with Crippen LogP contribution in [-0.2, 0) is 14.3 Å². The predicted octanol–water partition coefficient (Wildman–Crippen LogP) is 5.14. The van der Waals surface area contributed by atoms with E-state index in [-0.39, 0.29) is 11.9 Å². The number of benzene rings is 1. The number of aromatic nitrogens is 1. The van der Waals surface area contributed by atoms with Crippen LogP contribution in [0.5, 0.6) is 0 Å². The van der Waals surface area contributed by atoms with Crippen LogP contribution >= 0.6 is 11.6 Å². The summed E-state index contributed by atoms with van der Waals surface area (Å²) in [6.45, 7) is 11.6. The molecule has 1 aromatic heterocycles. The van der Waals surface area contributed by atoms with Gasteiger partial charge in [-0.25, -0.2) is 4.79 Å². The van der Waals surface area contributed by atoms with E-state index in [0.717, 1.165) is 28.2 Å². The van der Waals surface area contributed by atoms with Crippen LogP contribution in [-0.4, -0.2) is 34.5 Å². The minimum atomic E-state index is -0.505. The Balaban J connectivity index is 2.16. The lowest BCUT2D eigenvalue weighted by atomic mass is 10.0. The molecule has 0 aliphatic carbocycles. The number of esters is 1. The number of ether oxygens (including phenoxy) is 1. The highest BCUT2D eigenvalue weighted by Gasteiger charge is 2.38. The number of aryl methyl sites for hydroxylation is 2. The average molecular weight is 427 g/mol. The maximum atomic E-state index is 13.1. The number of halogens is 1. The zero-order valence-corrected chi connectivity index (χ0v) is 19.2. The molecule has 0 saturated carbocycles. The minimum absolute atomic E-state index is 0.0646. The highest BCUT2D eigenvalue weighted by molar-refractivity contribution is 6.31. The van der Waals surface area contributed by atoms with Crippen molar-refractivity contribution in [1.82, 2.24) is 9.47 Å². The normalized spacial score (nSPS) is 15.7. The molecule has 6 heteroatoms. The molecule has 30 heavy (non-hydrogen) atoms. The maximum absolute atomic E-state index is 13.1. The molecular formula is C24H27ClN2O3. The van der Waals surface area contributed by atoms with Gasteiger partial charge in [0.05, 0.1) is 18.3 Å². The van der Waals surface area contributed by atoms with Crippen LogP contribution in [0, 0.1) is 20.8 Å². The fourth-order valence-corrected chi connectivity index (χ4v) is 4.20. The second-order valence-corrected chi connectivity index (χ2v) is 8.28. The average Bonchev–Trinajstić information content (AvgIpc) is 3.09. The quantitative estimate of drug-likeness (QED) is 0.502. The summed E-state index contributed by atoms with van der Waals surface area (Å²) in [5, 5.41) is 0.699. The molecule has 158 valence electrons. The number of amides is 1. The van der Waals surface area contributed by atoms with Gasteiger partial charge in [-0.05, 0) is 76.9 Å². The van der Waals surface area contributed by atoms with Gasteiger partial charge in [0, 0.05) is 33.8 Å². The van der Waals surface area contributed by atoms with Crippen molar-refractivity contribution >= 4 is 29.6 Å². The third-order valence-electron chi connectivity index (χ3n) is 5.53. The number of hydrogen-bond donors (Lipinski definition) is 0. The van der Waals surface area contributed by atoms with Crippen molar-refractivity contribution in [2.45, 2.75) is 47.6 Å². The lowest BCUT2D eigenvalue weighted by Gasteiger charge is -2.22. The third-order valence-corrected chi connectivity index (χ3v) is 5.94. The summed E-state index contributed by atoms with van der Waals surface area (Å²) < 4.78 is 7.05. The molecule has 2 aromatic rings. The first-order valence-electron chi connectivity index (χ1n) is 9.88. The number of nitrogens with zero attached hydrogens (tertiary/aromatic N) is 2. The summed E-state index contributed by atoms with van der Waals surface area (Å²) >= 11 is 6.33. The van der Waals surface area contributed by atoms with E-state index in [1.807, 2.05) is 58.9 Å². The highest BCUT2D eigenvalue weighted by Crippen LogP contribution is 2.34. The van der Waals surface area contributed by atoms with Gasteiger partial charge >= 0.3 is 5.97 Å². The van der Waals surface area contributed by atoms with Crippen LogP contribution < -0.4 is 0 Å². The molecular weight excluding hydrogens is 400 g/mol. The molecule has 0 saturated heterocycles. The van der Waals surface area contributed by atoms with E-state index < -0.39 is 5.97 Å². The first-order valence-corrected chi connectivity index (χ1v) is 10.3. The predicted molar refractivity (Wildman–Crippen MR) is 120 cm³/mol. The molecule has 3 rings (SSSR count). The van der Waals surface area contributed by atoms with E-state index in [1.165, 1.54) is 7.11 Å². The van der Waals surface area contributed by atoms with Crippen LogP contribution in [0.15, 0.2) is 41.1 Å². The van der Waals surface area contributed by atoms with Crippen molar-refractivity contribution in [1.29, 1.82) is 0 Å². The van der Waals surface area contributed by atoms with Crippen molar-refractivity contribution in [2.24, 2.45) is 0 Å². The van der Waals surface area contributed by atoms with E-state index in [4.69, 9.17) is 16.3 Å². The zero-order chi connectivity index (χ0) is 22.3. The zero-order valence-electron chi connectivity index (χ0n) is 18.5. The van der Waals surface area contributed by atoms with E-state index >= 15 is 0 Å². The topological polar surface area (TPSA) is 51.5 Å². The minimum Gasteiger partial charge on any atom is -0.465 e. The number of methoxy groups -OCH3 is 1. The van der Waals surface area contributed by atoms with Crippen LogP contribution in [0.25, 0.3) is 11.8 Å². The number of rotatable bonds is 4. The molecule has 0 fully saturated rings. The molecule has 0 unspecified atom stereocenters. The molecule has 0 bridgehead atoms. The molecule has 0 atom stereocenters. The molecule has 0 spiro atoms. The van der Waals surface area contributed by atoms with Crippen molar-refractivity contribution < 1.29 is 14.3 Å². The van der Waals surface area contributed by atoms with Crippen LogP contribution in [0.3, 0.4) is 0 Å². The van der Waals surface area contributed by atoms with E-state index in [2.05, 4.69) is 4.57 Å². The molecule has 1 amide bonds. The van der Waals surface area contributed by atoms with Gasteiger partial charge in [0.25, 0.3) is 5.91 Å². The first kappa shape index (κ1) is 21.9. The van der Waals surface area contributed by atoms with Crippen LogP contribution in [0.1, 0.15) is 43.3 Å². The second-order valence-electron chi connectivity index (χ2n) is 7.87. The van der Waals surface area contributed by atoms with Gasteiger partial charge in [0.1, 0.15) is 0 Å². The fraction of sp³-hybridized carbons (Fsp3) is 0.333. The molecule has 5 nitrogen and oxygen atoms in total. The van der Waals surface area contributed by atoms with Gasteiger partial charge in [-0.2, -0.15) is 0 Å². The summed E-state index contributed by atoms with van der Waals surface area (Å²) in [5.74, 6) is -0.694. The van der Waals surface area contributed by atoms with Gasteiger partial charge in [0.2, 0.25) is 0 Å². The molecule has 0 radical (unpaired) electrons. The maximum Gasteiger partial charge on any atom is 0.340 e. The Morgan fingerprint density at radius 3 is 2.37 bits per heavy atom. The van der Waals surface area contributed by atoms with Crippen molar-refractivity contribution in [2.75, 3.05) is 7.11 Å². The smallest absolute Gasteiger partial charge is 0.340 e. The Labute approximate surface area is 182 Å². The molecule has 1 aliphatic heterocycles. The Morgan fingerprint density at radius 2 is 1.80 bits per heavy atom. The van der Waals surface area contributed by atoms with Gasteiger partial charge in [-0.3, -0.25) is 4.79 Å². The van der Waals surface area contributed by atoms with Crippen LogP contribution in [0.2, 0.25) is 5.02 Å². The standard InChI is InChI=1S/C24H27ClN2O3/c1-13(2)26-17(6)22(24(29)30-7)20(23(26)28)11-18-10-15(4)27(16(18)5)19-9-8-14(3)21(25)12-19/h8-13H,1-7H3/b20-11-. The van der Waals surface area contributed by atoms with Crippen molar-refractivity contribution in [3.05, 3.63) is 68.6 Å². The lowest BCUT2D eigenvalue weighted by Crippen LogP contribution is -2.31. The van der Waals surface area contributed by atoms with Gasteiger partial charge in [-0.15, -0.1) is 0 Å². The third kappa shape index (κ3) is 3.58. The SMILES string of the molecule is COC(=O)C1=C(C)N(C(C)C)C(=O)/C1=C\c1cc(C)n(-c2ccc(C)c(Cl)c2)c1C. The lowest BCUT2D eigenvalue weighted by molar-refractivity contribution is -0.136. The van der Waals surface area contributed by atoms with Gasteiger partial charge < -0.3 is 14.2 Å². The summed E-state index contributed by atoms with van der Waals surface area (Å²) in [7, 11) is 1.33. The summed E-state index contributed by atoms with van der Waals surface area (Å²) in [5.41, 5.74) is 6.09. The number of hydrogen-bond acceptors (Lipinski definition) is 3. The van der Waals surface area contributed by atoms with Crippen molar-refractivity contribution in [3.63, 3.8) is 0 Å². The molecule has 2 heterocycles. The molecule has 1 aromatic carbocycles. The number of allylic oxidation sites excluding steroid dienone is 1. The summed E-state index contributed by atoms with van der Waals surface area (Å²) in [6.07, 6.45) is 1.79. The Kier molecular flexibility index (Phi) is 5.95. The monoisotopic (exact) mass is 426 g/mol. The Bertz CT molecular complexity index is 1110. The fourth-order valence-electron chi connectivity index (χ4n) is 4.03. The number of carbonyl (C=O) groups is 2. The Morgan fingerprint density at radius 1 is 1.13 bits per heavy atom. The van der Waals surface area contributed by atoms with E-state index in [1.54, 1.807) is 17.9 Å². The Hall–Kier alpha value is -2.79. The first-order chi connectivity index (χ1) is 14.1. The molecule has 1 aliphatic rings. The summed E-state index contributed by atoms with van der Waals surface area (Å²) in [4.78, 5) is 27.2. The highest BCUT2D eigenvalue weighted by atomic mass is 35.5. The van der Waals surface area contributed by atoms with E-state index in [9.17, 15) is 9.59 Å². The molecule has 0 N–H and O–H groups in total. The van der Waals surface area contributed by atoms with E-state index in [0.29, 0.717) is 21.9 Å². The van der Waals surface area contributed by atoms with Crippen LogP contribution in [0.4, 0.5) is 0 Å². The van der Waals surface area contributed by atoms with Gasteiger partial charge in [0.15, 0.2) is 0 Å².